The number of aliphatic carboxylic acids is 2. The summed E-state index contributed by atoms with van der Waals surface area (Å²) in [6.45, 7) is 9.49. The van der Waals surface area contributed by atoms with Crippen molar-refractivity contribution in [1.82, 2.24) is 0 Å². The molecule has 0 atom stereocenters. The SMILES string of the molecule is C=CC(=O)OCCCC.CC(C)C/C(=C/C(=O)O)C(=O)O. The lowest BCUT2D eigenvalue weighted by Gasteiger charge is -2.03. The molecule has 0 fully saturated rings. The number of hydrogen-bond donors (Lipinski definition) is 2. The summed E-state index contributed by atoms with van der Waals surface area (Å²) in [5.41, 5.74) is -0.0579. The Hall–Kier alpha value is -2.11. The highest BCUT2D eigenvalue weighted by molar-refractivity contribution is 5.94. The number of unbranched alkanes of at least 4 members (excludes halogenated alkanes) is 1. The van der Waals surface area contributed by atoms with Gasteiger partial charge in [0.05, 0.1) is 6.61 Å². The monoisotopic (exact) mass is 300 g/mol. The molecule has 0 saturated heterocycles. The second-order valence-corrected chi connectivity index (χ2v) is 4.64. The van der Waals surface area contributed by atoms with Crippen molar-refractivity contribution in [1.29, 1.82) is 0 Å². The van der Waals surface area contributed by atoms with Crippen molar-refractivity contribution < 1.29 is 29.3 Å². The largest absolute Gasteiger partial charge is 0.478 e. The highest BCUT2D eigenvalue weighted by atomic mass is 16.5. The van der Waals surface area contributed by atoms with Crippen LogP contribution in [0.4, 0.5) is 0 Å². The maximum Gasteiger partial charge on any atom is 0.331 e. The molecule has 0 aliphatic rings. The van der Waals surface area contributed by atoms with Crippen molar-refractivity contribution in [3.05, 3.63) is 24.3 Å². The van der Waals surface area contributed by atoms with Crippen molar-refractivity contribution >= 4 is 17.9 Å². The zero-order chi connectivity index (χ0) is 16.8. The number of rotatable bonds is 8. The topological polar surface area (TPSA) is 101 Å². The molecule has 0 saturated carbocycles. The number of carbonyl (C=O) groups is 3. The number of hydrogen-bond acceptors (Lipinski definition) is 4. The van der Waals surface area contributed by atoms with E-state index < -0.39 is 11.9 Å². The van der Waals surface area contributed by atoms with E-state index in [-0.39, 0.29) is 23.9 Å². The van der Waals surface area contributed by atoms with Gasteiger partial charge < -0.3 is 14.9 Å². The Morgan fingerprint density at radius 2 is 1.81 bits per heavy atom. The summed E-state index contributed by atoms with van der Waals surface area (Å²) in [4.78, 5) is 30.9. The summed E-state index contributed by atoms with van der Waals surface area (Å²) >= 11 is 0. The Kier molecular flexibility index (Phi) is 13.0. The van der Waals surface area contributed by atoms with E-state index in [1.165, 1.54) is 6.08 Å². The quantitative estimate of drug-likeness (QED) is 0.406. The van der Waals surface area contributed by atoms with E-state index in [1.807, 2.05) is 20.8 Å². The van der Waals surface area contributed by atoms with Gasteiger partial charge in [0.1, 0.15) is 0 Å². The van der Waals surface area contributed by atoms with Crippen LogP contribution in [0.25, 0.3) is 0 Å². The number of carbonyl (C=O) groups excluding carboxylic acids is 1. The minimum absolute atomic E-state index is 0.0579. The van der Waals surface area contributed by atoms with Crippen molar-refractivity contribution in [3.63, 3.8) is 0 Å². The molecule has 0 aromatic heterocycles. The van der Waals surface area contributed by atoms with Gasteiger partial charge in [-0.2, -0.15) is 0 Å². The Bertz CT molecular complexity index is 382. The van der Waals surface area contributed by atoms with Crippen molar-refractivity contribution in [2.45, 2.75) is 40.0 Å². The van der Waals surface area contributed by atoms with Crippen LogP contribution in [-0.2, 0) is 19.1 Å². The van der Waals surface area contributed by atoms with Gasteiger partial charge >= 0.3 is 17.9 Å². The van der Waals surface area contributed by atoms with Crippen molar-refractivity contribution in [2.24, 2.45) is 5.92 Å². The molecule has 6 nitrogen and oxygen atoms in total. The molecule has 0 radical (unpaired) electrons. The molecular weight excluding hydrogens is 276 g/mol. The highest BCUT2D eigenvalue weighted by Crippen LogP contribution is 2.10. The summed E-state index contributed by atoms with van der Waals surface area (Å²) in [6, 6.07) is 0. The zero-order valence-corrected chi connectivity index (χ0v) is 12.8. The molecule has 0 aliphatic carbocycles. The van der Waals surface area contributed by atoms with Gasteiger partial charge in [0.2, 0.25) is 0 Å². The molecule has 2 N–H and O–H groups in total. The predicted molar refractivity (Wildman–Crippen MR) is 78.9 cm³/mol. The van der Waals surface area contributed by atoms with E-state index in [2.05, 4.69) is 11.3 Å². The van der Waals surface area contributed by atoms with Crippen LogP contribution >= 0.6 is 0 Å². The van der Waals surface area contributed by atoms with Gasteiger partial charge in [-0.3, -0.25) is 0 Å². The van der Waals surface area contributed by atoms with E-state index >= 15 is 0 Å². The normalized spacial score (nSPS) is 10.4. The molecule has 0 aromatic rings. The molecule has 0 aliphatic heterocycles. The first-order chi connectivity index (χ1) is 9.74. The highest BCUT2D eigenvalue weighted by Gasteiger charge is 2.10. The fraction of sp³-hybridized carbons (Fsp3) is 0.533. The van der Waals surface area contributed by atoms with Gasteiger partial charge in [0.15, 0.2) is 0 Å². The van der Waals surface area contributed by atoms with E-state index in [0.717, 1.165) is 18.9 Å². The number of esters is 1. The first-order valence-corrected chi connectivity index (χ1v) is 6.70. The standard InChI is InChI=1S/C8H12O4.C7H12O2/c1-5(2)3-6(8(11)12)4-7(9)10;1-3-5-6-9-7(8)4-2/h4-5H,3H2,1-2H3,(H,9,10)(H,11,12);4H,2-3,5-6H2,1H3/b6-4-;. The molecule has 0 spiro atoms. The molecule has 0 bridgehead atoms. The maximum atomic E-state index is 10.4. The third-order valence-electron chi connectivity index (χ3n) is 2.11. The minimum atomic E-state index is -1.21. The number of ether oxygens (including phenoxy) is 1. The fourth-order valence-electron chi connectivity index (χ4n) is 1.17. The maximum absolute atomic E-state index is 10.4. The van der Waals surface area contributed by atoms with Crippen molar-refractivity contribution in [2.75, 3.05) is 6.61 Å². The summed E-state index contributed by atoms with van der Waals surface area (Å²) < 4.78 is 4.67. The van der Waals surface area contributed by atoms with Gasteiger partial charge in [-0.05, 0) is 18.8 Å². The van der Waals surface area contributed by atoms with E-state index in [0.29, 0.717) is 6.61 Å². The molecule has 0 amide bonds. The third-order valence-corrected chi connectivity index (χ3v) is 2.11. The van der Waals surface area contributed by atoms with Gasteiger partial charge in [0.25, 0.3) is 0 Å². The fourth-order valence-corrected chi connectivity index (χ4v) is 1.17. The summed E-state index contributed by atoms with van der Waals surface area (Å²) in [5, 5.41) is 16.8. The smallest absolute Gasteiger partial charge is 0.331 e. The Balaban J connectivity index is 0. The molecule has 0 aromatic carbocycles. The average molecular weight is 300 g/mol. The van der Waals surface area contributed by atoms with Crippen LogP contribution in [0.5, 0.6) is 0 Å². The minimum Gasteiger partial charge on any atom is -0.478 e. The van der Waals surface area contributed by atoms with Crippen LogP contribution in [0.1, 0.15) is 40.0 Å². The number of carboxylic acids is 2. The van der Waals surface area contributed by atoms with Gasteiger partial charge in [-0.15, -0.1) is 0 Å². The lowest BCUT2D eigenvalue weighted by atomic mass is 10.0. The third kappa shape index (κ3) is 15.8. The summed E-state index contributed by atoms with van der Waals surface area (Å²) in [6.07, 6.45) is 4.17. The van der Waals surface area contributed by atoms with Crippen LogP contribution in [0.2, 0.25) is 0 Å². The van der Waals surface area contributed by atoms with Gasteiger partial charge in [0, 0.05) is 17.7 Å². The second-order valence-electron chi connectivity index (χ2n) is 4.64. The predicted octanol–water partition coefficient (Wildman–Crippen LogP) is 2.64. The summed E-state index contributed by atoms with van der Waals surface area (Å²) in [5.74, 6) is -2.56. The molecule has 120 valence electrons. The van der Waals surface area contributed by atoms with Crippen LogP contribution < -0.4 is 0 Å². The lowest BCUT2D eigenvalue weighted by Crippen LogP contribution is -2.06. The first kappa shape index (κ1) is 21.2. The van der Waals surface area contributed by atoms with Crippen LogP contribution in [0.3, 0.4) is 0 Å². The first-order valence-electron chi connectivity index (χ1n) is 6.70. The second kappa shape index (κ2) is 12.9. The van der Waals surface area contributed by atoms with E-state index in [9.17, 15) is 14.4 Å². The molecule has 6 heteroatoms. The summed E-state index contributed by atoms with van der Waals surface area (Å²) in [7, 11) is 0. The molecule has 0 unspecified atom stereocenters. The van der Waals surface area contributed by atoms with E-state index in [1.54, 1.807) is 0 Å². The molecular formula is C15H24O6. The van der Waals surface area contributed by atoms with Crippen LogP contribution in [-0.4, -0.2) is 34.7 Å². The van der Waals surface area contributed by atoms with Gasteiger partial charge in [-0.1, -0.05) is 33.8 Å². The molecule has 0 rings (SSSR count). The van der Waals surface area contributed by atoms with E-state index in [4.69, 9.17) is 10.2 Å². The van der Waals surface area contributed by atoms with Gasteiger partial charge in [-0.25, -0.2) is 14.4 Å². The van der Waals surface area contributed by atoms with Crippen LogP contribution in [0, 0.1) is 5.92 Å². The van der Waals surface area contributed by atoms with Crippen molar-refractivity contribution in [3.8, 4) is 0 Å². The Morgan fingerprint density at radius 1 is 1.24 bits per heavy atom. The lowest BCUT2D eigenvalue weighted by molar-refractivity contribution is -0.138. The van der Waals surface area contributed by atoms with Crippen LogP contribution in [0.15, 0.2) is 24.3 Å². The molecule has 0 heterocycles. The number of carboxylic acid groups (broad SMARTS) is 2. The Morgan fingerprint density at radius 3 is 2.14 bits per heavy atom. The molecule has 21 heavy (non-hydrogen) atoms. The Labute approximate surface area is 125 Å². The average Bonchev–Trinajstić information content (AvgIpc) is 2.37. The zero-order valence-electron chi connectivity index (χ0n) is 12.8.